The van der Waals surface area contributed by atoms with Crippen molar-refractivity contribution in [3.63, 3.8) is 0 Å². The van der Waals surface area contributed by atoms with Crippen LogP contribution in [0.2, 0.25) is 0 Å². The van der Waals surface area contributed by atoms with Gasteiger partial charge in [-0.05, 0) is 82.3 Å². The van der Waals surface area contributed by atoms with Crippen LogP contribution in [0.4, 0.5) is 0 Å². The zero-order valence-corrected chi connectivity index (χ0v) is 18.8. The molecule has 1 aromatic heterocycles. The van der Waals surface area contributed by atoms with Crippen LogP contribution in [0.5, 0.6) is 0 Å². The first-order valence-corrected chi connectivity index (χ1v) is 11.6. The Kier molecular flexibility index (Phi) is 7.71. The maximum atomic E-state index is 13.0. The molecule has 3 nitrogen and oxygen atoms in total. The van der Waals surface area contributed by atoms with E-state index in [0.717, 1.165) is 48.1 Å². The van der Waals surface area contributed by atoms with E-state index in [-0.39, 0.29) is 5.78 Å². The lowest BCUT2D eigenvalue weighted by Gasteiger charge is -2.30. The molecule has 0 spiro atoms. The Balaban J connectivity index is 1.69. The molecule has 0 atom stereocenters. The van der Waals surface area contributed by atoms with Gasteiger partial charge in [0.05, 0.1) is 6.54 Å². The lowest BCUT2D eigenvalue weighted by molar-refractivity contribution is 0.0894. The van der Waals surface area contributed by atoms with Crippen molar-refractivity contribution in [2.75, 3.05) is 19.6 Å². The maximum absolute atomic E-state index is 13.0. The summed E-state index contributed by atoms with van der Waals surface area (Å²) in [5, 5.41) is 0. The first-order valence-electron chi connectivity index (χ1n) is 11.6. The fourth-order valence-electron chi connectivity index (χ4n) is 4.67. The predicted molar refractivity (Wildman–Crippen MR) is 122 cm³/mol. The summed E-state index contributed by atoms with van der Waals surface area (Å²) in [6.07, 6.45) is 8.68. The van der Waals surface area contributed by atoms with Gasteiger partial charge in [0.2, 0.25) is 0 Å². The molecule has 2 aromatic rings. The number of piperidine rings is 1. The SMILES string of the molecule is CCCCCc1ccc(-n2c(C)cc(C(=O)CN3CCC(CC)CC3)c2C)cc1. The van der Waals surface area contributed by atoms with Gasteiger partial charge in [0.15, 0.2) is 5.78 Å². The molecule has 0 amide bonds. The van der Waals surface area contributed by atoms with Crippen LogP contribution < -0.4 is 0 Å². The fourth-order valence-corrected chi connectivity index (χ4v) is 4.67. The number of carbonyl (C=O) groups excluding carboxylic acids is 1. The molecule has 0 radical (unpaired) electrons. The molecule has 1 aromatic carbocycles. The molecule has 2 heterocycles. The van der Waals surface area contributed by atoms with E-state index in [4.69, 9.17) is 0 Å². The number of aromatic nitrogens is 1. The highest BCUT2D eigenvalue weighted by atomic mass is 16.1. The largest absolute Gasteiger partial charge is 0.318 e. The highest BCUT2D eigenvalue weighted by Crippen LogP contribution is 2.24. The summed E-state index contributed by atoms with van der Waals surface area (Å²) in [4.78, 5) is 15.4. The summed E-state index contributed by atoms with van der Waals surface area (Å²) in [7, 11) is 0. The van der Waals surface area contributed by atoms with Crippen LogP contribution in [0.25, 0.3) is 5.69 Å². The number of hydrogen-bond donors (Lipinski definition) is 0. The van der Waals surface area contributed by atoms with Crippen molar-refractivity contribution < 1.29 is 4.79 Å². The van der Waals surface area contributed by atoms with Gasteiger partial charge in [-0.25, -0.2) is 0 Å². The van der Waals surface area contributed by atoms with Gasteiger partial charge in [-0.2, -0.15) is 0 Å². The molecular weight excluding hydrogens is 356 g/mol. The summed E-state index contributed by atoms with van der Waals surface area (Å²) in [6.45, 7) is 11.4. The average Bonchev–Trinajstić information content (AvgIpc) is 3.03. The van der Waals surface area contributed by atoms with Crippen LogP contribution in [0.1, 0.15) is 79.7 Å². The molecule has 3 rings (SSSR count). The van der Waals surface area contributed by atoms with Crippen LogP contribution in [-0.4, -0.2) is 34.9 Å². The van der Waals surface area contributed by atoms with E-state index in [0.29, 0.717) is 6.54 Å². The van der Waals surface area contributed by atoms with Gasteiger partial charge in [0.1, 0.15) is 0 Å². The van der Waals surface area contributed by atoms with Crippen molar-refractivity contribution in [1.29, 1.82) is 0 Å². The van der Waals surface area contributed by atoms with Crippen molar-refractivity contribution in [3.05, 3.63) is 52.8 Å². The number of carbonyl (C=O) groups is 1. The summed E-state index contributed by atoms with van der Waals surface area (Å²) in [5.74, 6) is 1.10. The summed E-state index contributed by atoms with van der Waals surface area (Å²) in [5.41, 5.74) is 5.63. The lowest BCUT2D eigenvalue weighted by Crippen LogP contribution is -2.37. The van der Waals surface area contributed by atoms with E-state index in [1.54, 1.807) is 0 Å². The Morgan fingerprint density at radius 2 is 1.72 bits per heavy atom. The van der Waals surface area contributed by atoms with E-state index in [1.165, 1.54) is 44.1 Å². The van der Waals surface area contributed by atoms with E-state index >= 15 is 0 Å². The molecule has 0 aliphatic carbocycles. The second-order valence-electron chi connectivity index (χ2n) is 8.79. The molecule has 29 heavy (non-hydrogen) atoms. The minimum atomic E-state index is 0.260. The van der Waals surface area contributed by atoms with Crippen LogP contribution in [0.3, 0.4) is 0 Å². The number of unbranched alkanes of at least 4 members (excludes halogenated alkanes) is 2. The quantitative estimate of drug-likeness (QED) is 0.377. The van der Waals surface area contributed by atoms with Gasteiger partial charge in [-0.15, -0.1) is 0 Å². The van der Waals surface area contributed by atoms with Crippen LogP contribution in [0, 0.1) is 19.8 Å². The molecule has 1 aliphatic heterocycles. The number of hydrogen-bond acceptors (Lipinski definition) is 2. The topological polar surface area (TPSA) is 25.2 Å². The summed E-state index contributed by atoms with van der Waals surface area (Å²) in [6, 6.07) is 11.0. The molecule has 0 saturated carbocycles. The molecule has 3 heteroatoms. The zero-order chi connectivity index (χ0) is 20.8. The molecule has 158 valence electrons. The third-order valence-corrected chi connectivity index (χ3v) is 6.65. The van der Waals surface area contributed by atoms with E-state index in [2.05, 4.69) is 67.5 Å². The third kappa shape index (κ3) is 5.39. The fraction of sp³-hybridized carbons (Fsp3) is 0.577. The van der Waals surface area contributed by atoms with Crippen LogP contribution >= 0.6 is 0 Å². The number of aryl methyl sites for hydroxylation is 2. The Hall–Kier alpha value is -1.87. The van der Waals surface area contributed by atoms with Gasteiger partial charge in [-0.3, -0.25) is 9.69 Å². The van der Waals surface area contributed by atoms with Gasteiger partial charge in [0, 0.05) is 22.6 Å². The second kappa shape index (κ2) is 10.2. The highest BCUT2D eigenvalue weighted by Gasteiger charge is 2.22. The Labute approximate surface area is 177 Å². The Morgan fingerprint density at radius 3 is 2.34 bits per heavy atom. The van der Waals surface area contributed by atoms with E-state index in [9.17, 15) is 4.79 Å². The van der Waals surface area contributed by atoms with Crippen molar-refractivity contribution in [1.82, 2.24) is 9.47 Å². The van der Waals surface area contributed by atoms with Crippen molar-refractivity contribution >= 4 is 5.78 Å². The molecule has 0 bridgehead atoms. The number of ketones is 1. The minimum Gasteiger partial charge on any atom is -0.318 e. The van der Waals surface area contributed by atoms with Crippen LogP contribution in [-0.2, 0) is 6.42 Å². The highest BCUT2D eigenvalue weighted by molar-refractivity contribution is 5.99. The standard InChI is InChI=1S/C26H38N2O/c1-5-7-8-9-23-10-12-24(13-11-23)28-20(3)18-25(21(28)4)26(29)19-27-16-14-22(6-2)15-17-27/h10-13,18,22H,5-9,14-17,19H2,1-4H3. The Morgan fingerprint density at radius 1 is 1.03 bits per heavy atom. The summed E-state index contributed by atoms with van der Waals surface area (Å²) < 4.78 is 2.23. The normalized spacial score (nSPS) is 15.7. The maximum Gasteiger partial charge on any atom is 0.178 e. The van der Waals surface area contributed by atoms with E-state index < -0.39 is 0 Å². The second-order valence-corrected chi connectivity index (χ2v) is 8.79. The predicted octanol–water partition coefficient (Wildman–Crippen LogP) is 6.13. The van der Waals surface area contributed by atoms with Gasteiger partial charge in [-0.1, -0.05) is 45.2 Å². The first-order chi connectivity index (χ1) is 14.0. The molecule has 0 unspecified atom stereocenters. The van der Waals surface area contributed by atoms with E-state index in [1.807, 2.05) is 0 Å². The van der Waals surface area contributed by atoms with Crippen molar-refractivity contribution in [2.45, 2.75) is 72.6 Å². The molecule has 0 N–H and O–H groups in total. The monoisotopic (exact) mass is 394 g/mol. The number of benzene rings is 1. The van der Waals surface area contributed by atoms with Gasteiger partial charge in [0.25, 0.3) is 0 Å². The van der Waals surface area contributed by atoms with Crippen molar-refractivity contribution in [2.24, 2.45) is 5.92 Å². The summed E-state index contributed by atoms with van der Waals surface area (Å²) >= 11 is 0. The van der Waals surface area contributed by atoms with Gasteiger partial charge >= 0.3 is 0 Å². The number of rotatable bonds is 9. The third-order valence-electron chi connectivity index (χ3n) is 6.65. The van der Waals surface area contributed by atoms with Crippen LogP contribution in [0.15, 0.2) is 30.3 Å². The number of nitrogens with zero attached hydrogens (tertiary/aromatic N) is 2. The smallest absolute Gasteiger partial charge is 0.178 e. The molecule has 1 saturated heterocycles. The average molecular weight is 395 g/mol. The lowest BCUT2D eigenvalue weighted by atomic mass is 9.94. The molecular formula is C26H38N2O. The van der Waals surface area contributed by atoms with Gasteiger partial charge < -0.3 is 4.57 Å². The molecule has 1 aliphatic rings. The minimum absolute atomic E-state index is 0.260. The first kappa shape index (κ1) is 21.8. The van der Waals surface area contributed by atoms with Crippen molar-refractivity contribution in [3.8, 4) is 5.69 Å². The Bertz CT molecular complexity index is 795. The molecule has 1 fully saturated rings. The number of likely N-dealkylation sites (tertiary alicyclic amines) is 1. The zero-order valence-electron chi connectivity index (χ0n) is 18.8. The number of Topliss-reactive ketones (excluding diaryl/α,β-unsaturated/α-hetero) is 1.